The average molecular weight is 363 g/mol. The smallest absolute Gasteiger partial charge is 0.151 e. The SMILES string of the molecule is C=C(C)c1ccc(-c2ccc(N(C)[C@@H]3CCN[C@H](C)C3)nn2)c2[nH]nnc12. The van der Waals surface area contributed by atoms with E-state index in [-0.39, 0.29) is 0 Å². The highest BCUT2D eigenvalue weighted by molar-refractivity contribution is 5.96. The molecule has 2 atom stereocenters. The molecule has 27 heavy (non-hydrogen) atoms. The van der Waals surface area contributed by atoms with Crippen LogP contribution in [0.2, 0.25) is 0 Å². The first-order chi connectivity index (χ1) is 13.0. The van der Waals surface area contributed by atoms with Crippen molar-refractivity contribution in [2.24, 2.45) is 0 Å². The Morgan fingerprint density at radius 2 is 2.04 bits per heavy atom. The van der Waals surface area contributed by atoms with E-state index in [0.29, 0.717) is 12.1 Å². The summed E-state index contributed by atoms with van der Waals surface area (Å²) in [5, 5.41) is 23.6. The molecule has 1 fully saturated rings. The van der Waals surface area contributed by atoms with Gasteiger partial charge in [0.1, 0.15) is 5.52 Å². The second-order valence-electron chi connectivity index (χ2n) is 7.40. The molecular weight excluding hydrogens is 338 g/mol. The molecule has 0 aliphatic carbocycles. The van der Waals surface area contributed by atoms with Crippen molar-refractivity contribution in [2.75, 3.05) is 18.5 Å². The molecule has 0 spiro atoms. The third-order valence-electron chi connectivity index (χ3n) is 5.38. The van der Waals surface area contributed by atoms with Crippen LogP contribution >= 0.6 is 0 Å². The van der Waals surface area contributed by atoms with E-state index in [2.05, 4.69) is 56.4 Å². The number of fused-ring (bicyclic) bond motifs is 1. The molecule has 1 saturated heterocycles. The molecule has 0 unspecified atom stereocenters. The Balaban J connectivity index is 1.63. The number of piperidine rings is 1. The maximum Gasteiger partial charge on any atom is 0.151 e. The number of H-pyrrole nitrogens is 1. The second kappa shape index (κ2) is 7.08. The van der Waals surface area contributed by atoms with Gasteiger partial charge >= 0.3 is 0 Å². The Labute approximate surface area is 158 Å². The minimum absolute atomic E-state index is 0.486. The summed E-state index contributed by atoms with van der Waals surface area (Å²) in [6, 6.07) is 9.11. The number of nitrogens with one attached hydrogen (secondary N) is 2. The van der Waals surface area contributed by atoms with Gasteiger partial charge in [-0.1, -0.05) is 17.9 Å². The number of hydrogen-bond acceptors (Lipinski definition) is 6. The van der Waals surface area contributed by atoms with E-state index in [1.165, 1.54) is 0 Å². The van der Waals surface area contributed by atoms with Crippen molar-refractivity contribution in [1.82, 2.24) is 30.9 Å². The molecule has 4 rings (SSSR count). The van der Waals surface area contributed by atoms with Crippen LogP contribution < -0.4 is 10.2 Å². The Hall–Kier alpha value is -2.80. The Bertz CT molecular complexity index is 960. The summed E-state index contributed by atoms with van der Waals surface area (Å²) >= 11 is 0. The van der Waals surface area contributed by atoms with E-state index in [1.807, 2.05) is 31.2 Å². The van der Waals surface area contributed by atoms with Crippen LogP contribution in [0.4, 0.5) is 5.82 Å². The summed E-state index contributed by atoms with van der Waals surface area (Å²) in [7, 11) is 2.10. The maximum atomic E-state index is 4.49. The maximum absolute atomic E-state index is 4.49. The molecule has 0 saturated carbocycles. The van der Waals surface area contributed by atoms with Crippen molar-refractivity contribution in [3.63, 3.8) is 0 Å². The van der Waals surface area contributed by atoms with Crippen molar-refractivity contribution in [3.8, 4) is 11.3 Å². The summed E-state index contributed by atoms with van der Waals surface area (Å²) in [5.74, 6) is 0.899. The lowest BCUT2D eigenvalue weighted by Crippen LogP contribution is -2.45. The lowest BCUT2D eigenvalue weighted by Gasteiger charge is -2.35. The third kappa shape index (κ3) is 3.30. The van der Waals surface area contributed by atoms with Crippen LogP contribution in [0.3, 0.4) is 0 Å². The summed E-state index contributed by atoms with van der Waals surface area (Å²) in [4.78, 5) is 2.24. The molecule has 2 N–H and O–H groups in total. The van der Waals surface area contributed by atoms with E-state index in [9.17, 15) is 0 Å². The summed E-state index contributed by atoms with van der Waals surface area (Å²) in [5.41, 5.74) is 5.36. The van der Waals surface area contributed by atoms with E-state index in [0.717, 1.165) is 58.6 Å². The first kappa shape index (κ1) is 17.6. The number of nitrogens with zero attached hydrogens (tertiary/aromatic N) is 5. The second-order valence-corrected chi connectivity index (χ2v) is 7.40. The zero-order valence-corrected chi connectivity index (χ0v) is 16.0. The summed E-state index contributed by atoms with van der Waals surface area (Å²) in [6.45, 7) is 9.26. The fourth-order valence-electron chi connectivity index (χ4n) is 3.79. The first-order valence-electron chi connectivity index (χ1n) is 9.34. The number of benzene rings is 1. The molecule has 1 aliphatic rings. The topological polar surface area (TPSA) is 82.6 Å². The molecule has 3 heterocycles. The molecule has 2 aromatic heterocycles. The number of aromatic nitrogens is 5. The number of allylic oxidation sites excluding steroid dienone is 1. The van der Waals surface area contributed by atoms with Gasteiger partial charge in [-0.05, 0) is 57.0 Å². The van der Waals surface area contributed by atoms with Crippen molar-refractivity contribution in [1.29, 1.82) is 0 Å². The van der Waals surface area contributed by atoms with Gasteiger partial charge in [0.15, 0.2) is 5.82 Å². The van der Waals surface area contributed by atoms with E-state index in [4.69, 9.17) is 0 Å². The predicted octanol–water partition coefficient (Wildman–Crippen LogP) is 3.02. The van der Waals surface area contributed by atoms with Crippen LogP contribution in [0.1, 0.15) is 32.3 Å². The molecule has 7 heteroatoms. The summed E-state index contributed by atoms with van der Waals surface area (Å²) in [6.07, 6.45) is 2.23. The van der Waals surface area contributed by atoms with E-state index in [1.54, 1.807) is 0 Å². The normalized spacial score (nSPS) is 20.0. The zero-order valence-electron chi connectivity index (χ0n) is 16.0. The minimum Gasteiger partial charge on any atom is -0.355 e. The van der Waals surface area contributed by atoms with Crippen LogP contribution in [0.15, 0.2) is 30.8 Å². The monoisotopic (exact) mass is 363 g/mol. The van der Waals surface area contributed by atoms with Gasteiger partial charge in [0.25, 0.3) is 0 Å². The van der Waals surface area contributed by atoms with Gasteiger partial charge < -0.3 is 10.2 Å². The quantitative estimate of drug-likeness (QED) is 0.741. The van der Waals surface area contributed by atoms with Crippen LogP contribution in [-0.2, 0) is 0 Å². The van der Waals surface area contributed by atoms with Crippen molar-refractivity contribution in [2.45, 2.75) is 38.8 Å². The lowest BCUT2D eigenvalue weighted by atomic mass is 9.99. The molecule has 0 amide bonds. The fraction of sp³-hybridized carbons (Fsp3) is 0.400. The highest BCUT2D eigenvalue weighted by Gasteiger charge is 2.23. The van der Waals surface area contributed by atoms with Gasteiger partial charge in [0, 0.05) is 30.3 Å². The van der Waals surface area contributed by atoms with E-state index >= 15 is 0 Å². The largest absolute Gasteiger partial charge is 0.355 e. The number of rotatable bonds is 4. The fourth-order valence-corrected chi connectivity index (χ4v) is 3.79. The van der Waals surface area contributed by atoms with Crippen molar-refractivity contribution < 1.29 is 0 Å². The average Bonchev–Trinajstić information content (AvgIpc) is 3.16. The Morgan fingerprint density at radius 3 is 2.74 bits per heavy atom. The highest BCUT2D eigenvalue weighted by Crippen LogP contribution is 2.30. The number of anilines is 1. The van der Waals surface area contributed by atoms with Crippen LogP contribution in [-0.4, -0.2) is 51.3 Å². The van der Waals surface area contributed by atoms with Crippen LogP contribution in [0.5, 0.6) is 0 Å². The Morgan fingerprint density at radius 1 is 1.19 bits per heavy atom. The molecule has 0 bridgehead atoms. The van der Waals surface area contributed by atoms with Gasteiger partial charge in [-0.3, -0.25) is 5.10 Å². The summed E-state index contributed by atoms with van der Waals surface area (Å²) < 4.78 is 0. The van der Waals surface area contributed by atoms with Crippen LogP contribution in [0.25, 0.3) is 27.9 Å². The zero-order chi connectivity index (χ0) is 19.0. The van der Waals surface area contributed by atoms with Gasteiger partial charge in [0.2, 0.25) is 0 Å². The molecule has 0 radical (unpaired) electrons. The van der Waals surface area contributed by atoms with Crippen LogP contribution in [0, 0.1) is 0 Å². The molecule has 7 nitrogen and oxygen atoms in total. The third-order valence-corrected chi connectivity index (χ3v) is 5.38. The van der Waals surface area contributed by atoms with Gasteiger partial charge in [-0.2, -0.15) is 0 Å². The standard InChI is InChI=1S/C20H25N7/c1-12(2)15-5-6-16(20-19(15)24-26-25-20)17-7-8-18(23-22-17)27(4)14-9-10-21-13(3)11-14/h5-8,13-14,21H,1,9-11H2,2-4H3,(H,24,25,26)/t13-,14-/m1/s1. The highest BCUT2D eigenvalue weighted by atomic mass is 15.3. The molecule has 3 aromatic rings. The van der Waals surface area contributed by atoms with E-state index < -0.39 is 0 Å². The van der Waals surface area contributed by atoms with Crippen molar-refractivity contribution >= 4 is 22.4 Å². The molecular formula is C20H25N7. The molecule has 1 aromatic carbocycles. The molecule has 140 valence electrons. The number of hydrogen-bond donors (Lipinski definition) is 2. The lowest BCUT2D eigenvalue weighted by molar-refractivity contribution is 0.370. The van der Waals surface area contributed by atoms with Gasteiger partial charge in [0.05, 0.1) is 11.2 Å². The first-order valence-corrected chi connectivity index (χ1v) is 9.34. The minimum atomic E-state index is 0.486. The van der Waals surface area contributed by atoms with Crippen molar-refractivity contribution in [3.05, 3.63) is 36.4 Å². The predicted molar refractivity (Wildman–Crippen MR) is 109 cm³/mol. The molecule has 1 aliphatic heterocycles. The Kier molecular flexibility index (Phi) is 4.61. The number of aromatic amines is 1. The van der Waals surface area contributed by atoms with Gasteiger partial charge in [-0.25, -0.2) is 0 Å². The van der Waals surface area contributed by atoms with Gasteiger partial charge in [-0.15, -0.1) is 15.3 Å².